The lowest BCUT2D eigenvalue weighted by atomic mass is 9.95. The summed E-state index contributed by atoms with van der Waals surface area (Å²) in [6.07, 6.45) is 5.90. The number of rotatable bonds is 3. The second kappa shape index (κ2) is 6.16. The van der Waals surface area contributed by atoms with Gasteiger partial charge in [0.05, 0.1) is 10.6 Å². The van der Waals surface area contributed by atoms with Crippen LogP contribution in [0.1, 0.15) is 29.6 Å². The second-order valence-corrected chi connectivity index (χ2v) is 5.03. The van der Waals surface area contributed by atoms with Crippen molar-refractivity contribution in [3.05, 3.63) is 29.0 Å². The number of aliphatic hydroxyl groups is 1. The Morgan fingerprint density at radius 3 is 3.17 bits per heavy atom. The average molecular weight is 269 g/mol. The van der Waals surface area contributed by atoms with Gasteiger partial charge in [0.15, 0.2) is 0 Å². The van der Waals surface area contributed by atoms with E-state index in [4.69, 9.17) is 16.7 Å². The van der Waals surface area contributed by atoms with Gasteiger partial charge in [-0.3, -0.25) is 9.78 Å². The van der Waals surface area contributed by atoms with Gasteiger partial charge in [0, 0.05) is 32.1 Å². The maximum Gasteiger partial charge on any atom is 0.256 e. The molecule has 2 heterocycles. The summed E-state index contributed by atoms with van der Waals surface area (Å²) < 4.78 is 0. The van der Waals surface area contributed by atoms with Crippen LogP contribution >= 0.6 is 11.6 Å². The Kier molecular flexibility index (Phi) is 4.55. The molecule has 1 aromatic rings. The lowest BCUT2D eigenvalue weighted by Gasteiger charge is -2.32. The highest BCUT2D eigenvalue weighted by Gasteiger charge is 2.25. The third-order valence-corrected chi connectivity index (χ3v) is 3.67. The highest BCUT2D eigenvalue weighted by atomic mass is 35.5. The number of aromatic nitrogens is 1. The Morgan fingerprint density at radius 1 is 1.61 bits per heavy atom. The van der Waals surface area contributed by atoms with Crippen molar-refractivity contribution in [3.63, 3.8) is 0 Å². The van der Waals surface area contributed by atoms with Crippen LogP contribution in [-0.4, -0.2) is 40.6 Å². The van der Waals surface area contributed by atoms with E-state index in [1.807, 2.05) is 4.90 Å². The van der Waals surface area contributed by atoms with Crippen LogP contribution in [0.4, 0.5) is 0 Å². The Morgan fingerprint density at radius 2 is 2.44 bits per heavy atom. The first-order chi connectivity index (χ1) is 8.72. The second-order valence-electron chi connectivity index (χ2n) is 4.63. The molecule has 1 saturated heterocycles. The topological polar surface area (TPSA) is 53.4 Å². The van der Waals surface area contributed by atoms with E-state index in [1.165, 1.54) is 6.20 Å². The molecule has 1 unspecified atom stereocenters. The van der Waals surface area contributed by atoms with Gasteiger partial charge in [-0.15, -0.1) is 0 Å². The molecule has 98 valence electrons. The standard InChI is InChI=1S/C13H17ClN2O2/c14-12-3-5-15-8-11(12)13(18)16-6-1-2-10(9-16)4-7-17/h3,5,8,10,17H,1-2,4,6-7,9H2. The van der Waals surface area contributed by atoms with E-state index in [1.54, 1.807) is 12.3 Å². The molecule has 1 fully saturated rings. The lowest BCUT2D eigenvalue weighted by Crippen LogP contribution is -2.40. The van der Waals surface area contributed by atoms with Crippen molar-refractivity contribution in [3.8, 4) is 0 Å². The summed E-state index contributed by atoms with van der Waals surface area (Å²) in [5, 5.41) is 9.41. The minimum absolute atomic E-state index is 0.0595. The van der Waals surface area contributed by atoms with Gasteiger partial charge in [-0.1, -0.05) is 11.6 Å². The smallest absolute Gasteiger partial charge is 0.256 e. The molecule has 4 nitrogen and oxygen atoms in total. The van der Waals surface area contributed by atoms with Gasteiger partial charge in [0.25, 0.3) is 5.91 Å². The van der Waals surface area contributed by atoms with Crippen molar-refractivity contribution in [1.29, 1.82) is 0 Å². The molecule has 2 rings (SSSR count). The number of carbonyl (C=O) groups is 1. The van der Waals surface area contributed by atoms with Gasteiger partial charge in [0.2, 0.25) is 0 Å². The maximum absolute atomic E-state index is 12.3. The molecule has 0 radical (unpaired) electrons. The van der Waals surface area contributed by atoms with Crippen LogP contribution in [0.5, 0.6) is 0 Å². The van der Waals surface area contributed by atoms with Crippen LogP contribution in [0.3, 0.4) is 0 Å². The van der Waals surface area contributed by atoms with Crippen LogP contribution < -0.4 is 0 Å². The number of hydrogen-bond acceptors (Lipinski definition) is 3. The van der Waals surface area contributed by atoms with E-state index in [0.717, 1.165) is 25.8 Å². The van der Waals surface area contributed by atoms with Crippen molar-refractivity contribution in [2.45, 2.75) is 19.3 Å². The zero-order valence-electron chi connectivity index (χ0n) is 10.2. The van der Waals surface area contributed by atoms with Crippen molar-refractivity contribution in [2.75, 3.05) is 19.7 Å². The summed E-state index contributed by atoms with van der Waals surface area (Å²) in [5.41, 5.74) is 0.462. The van der Waals surface area contributed by atoms with Gasteiger partial charge in [0.1, 0.15) is 0 Å². The number of likely N-dealkylation sites (tertiary alicyclic amines) is 1. The lowest BCUT2D eigenvalue weighted by molar-refractivity contribution is 0.0653. The van der Waals surface area contributed by atoms with E-state index in [9.17, 15) is 4.79 Å². The van der Waals surface area contributed by atoms with Crippen molar-refractivity contribution in [1.82, 2.24) is 9.88 Å². The Hall–Kier alpha value is -1.13. The minimum atomic E-state index is -0.0595. The maximum atomic E-state index is 12.3. The molecule has 1 aliphatic rings. The van der Waals surface area contributed by atoms with Gasteiger partial charge < -0.3 is 10.0 Å². The first-order valence-electron chi connectivity index (χ1n) is 6.22. The minimum Gasteiger partial charge on any atom is -0.396 e. The van der Waals surface area contributed by atoms with E-state index < -0.39 is 0 Å². The molecular weight excluding hydrogens is 252 g/mol. The van der Waals surface area contributed by atoms with Crippen molar-refractivity contribution < 1.29 is 9.90 Å². The van der Waals surface area contributed by atoms with Gasteiger partial charge in [-0.05, 0) is 31.2 Å². The highest BCUT2D eigenvalue weighted by Crippen LogP contribution is 2.23. The van der Waals surface area contributed by atoms with Gasteiger partial charge >= 0.3 is 0 Å². The Labute approximate surface area is 112 Å². The number of pyridine rings is 1. The van der Waals surface area contributed by atoms with Gasteiger partial charge in [-0.2, -0.15) is 0 Å². The van der Waals surface area contributed by atoms with Crippen LogP contribution in [0.25, 0.3) is 0 Å². The van der Waals surface area contributed by atoms with Crippen LogP contribution in [0, 0.1) is 5.92 Å². The summed E-state index contributed by atoms with van der Waals surface area (Å²) in [6, 6.07) is 1.63. The first kappa shape index (κ1) is 13.3. The molecule has 1 aliphatic heterocycles. The number of carbonyl (C=O) groups excluding carboxylic acids is 1. The molecule has 0 aromatic carbocycles. The zero-order valence-corrected chi connectivity index (χ0v) is 10.9. The van der Waals surface area contributed by atoms with Gasteiger partial charge in [-0.25, -0.2) is 0 Å². The molecule has 0 saturated carbocycles. The molecular formula is C13H17ClN2O2. The fourth-order valence-corrected chi connectivity index (χ4v) is 2.56. The third-order valence-electron chi connectivity index (χ3n) is 3.34. The number of hydrogen-bond donors (Lipinski definition) is 1. The molecule has 1 aromatic heterocycles. The van der Waals surface area contributed by atoms with E-state index >= 15 is 0 Å². The molecule has 1 N–H and O–H groups in total. The third kappa shape index (κ3) is 3.00. The molecule has 0 aliphatic carbocycles. The van der Waals surface area contributed by atoms with E-state index in [2.05, 4.69) is 4.98 Å². The SMILES string of the molecule is O=C(c1cnccc1Cl)N1CCCC(CCO)C1. The molecule has 1 atom stereocenters. The summed E-state index contributed by atoms with van der Waals surface area (Å²) in [7, 11) is 0. The van der Waals surface area contributed by atoms with Crippen LogP contribution in [-0.2, 0) is 0 Å². The Balaban J connectivity index is 2.07. The van der Waals surface area contributed by atoms with Crippen LogP contribution in [0.2, 0.25) is 5.02 Å². The normalized spacial score (nSPS) is 19.9. The van der Waals surface area contributed by atoms with Crippen LogP contribution in [0.15, 0.2) is 18.5 Å². The predicted molar refractivity (Wildman–Crippen MR) is 69.6 cm³/mol. The summed E-state index contributed by atoms with van der Waals surface area (Å²) in [5.74, 6) is 0.332. The molecule has 18 heavy (non-hydrogen) atoms. The molecule has 5 heteroatoms. The number of nitrogens with zero attached hydrogens (tertiary/aromatic N) is 2. The highest BCUT2D eigenvalue weighted by molar-refractivity contribution is 6.33. The molecule has 1 amide bonds. The number of halogens is 1. The zero-order chi connectivity index (χ0) is 13.0. The number of aliphatic hydroxyl groups excluding tert-OH is 1. The largest absolute Gasteiger partial charge is 0.396 e. The average Bonchev–Trinajstić information content (AvgIpc) is 2.39. The molecule has 0 bridgehead atoms. The fourth-order valence-electron chi connectivity index (χ4n) is 2.37. The number of piperidine rings is 1. The van der Waals surface area contributed by atoms with Crippen molar-refractivity contribution >= 4 is 17.5 Å². The first-order valence-corrected chi connectivity index (χ1v) is 6.60. The Bertz CT molecular complexity index is 423. The summed E-state index contributed by atoms with van der Waals surface area (Å²) in [6.45, 7) is 1.64. The molecule has 0 spiro atoms. The summed E-state index contributed by atoms with van der Waals surface area (Å²) in [4.78, 5) is 18.1. The number of amides is 1. The van der Waals surface area contributed by atoms with E-state index in [0.29, 0.717) is 23.0 Å². The van der Waals surface area contributed by atoms with E-state index in [-0.39, 0.29) is 12.5 Å². The monoisotopic (exact) mass is 268 g/mol. The predicted octanol–water partition coefficient (Wildman–Crippen LogP) is 1.97. The summed E-state index contributed by atoms with van der Waals surface area (Å²) >= 11 is 6.01. The fraction of sp³-hybridized carbons (Fsp3) is 0.538. The quantitative estimate of drug-likeness (QED) is 0.912. The van der Waals surface area contributed by atoms with Crippen molar-refractivity contribution in [2.24, 2.45) is 5.92 Å².